The maximum atomic E-state index is 12.1. The minimum atomic E-state index is -0.812. The fraction of sp³-hybridized carbons (Fsp3) is 0.409. The van der Waals surface area contributed by atoms with Crippen LogP contribution in [0.1, 0.15) is 36.4 Å². The Morgan fingerprint density at radius 3 is 2.18 bits per heavy atom. The van der Waals surface area contributed by atoms with Crippen LogP contribution in [0.2, 0.25) is 0 Å². The molecule has 1 heterocycles. The Labute approximate surface area is 165 Å². The van der Waals surface area contributed by atoms with Gasteiger partial charge in [-0.25, -0.2) is 0 Å². The number of para-hydroxylation sites is 1. The highest BCUT2D eigenvalue weighted by Gasteiger charge is 2.38. The van der Waals surface area contributed by atoms with Crippen molar-refractivity contribution in [3.63, 3.8) is 0 Å². The smallest absolute Gasteiger partial charge is 0.320 e. The number of ether oxygens (including phenoxy) is 3. The van der Waals surface area contributed by atoms with Crippen LogP contribution in [0.3, 0.4) is 0 Å². The van der Waals surface area contributed by atoms with E-state index in [4.69, 9.17) is 14.2 Å². The lowest BCUT2D eigenvalue weighted by Crippen LogP contribution is -2.47. The Bertz CT molecular complexity index is 800. The molecular formula is C22H27NO5. The number of piperidine rings is 1. The normalized spacial score (nSPS) is 18.3. The molecule has 3 rings (SSSR count). The molecule has 0 saturated carbocycles. The van der Waals surface area contributed by atoms with Crippen LogP contribution in [-0.4, -0.2) is 49.9 Å². The third kappa shape index (κ3) is 3.78. The summed E-state index contributed by atoms with van der Waals surface area (Å²) in [5, 5.41) is 9.90. The minimum Gasteiger partial charge on any atom is -0.496 e. The summed E-state index contributed by atoms with van der Waals surface area (Å²) in [5.41, 5.74) is 1.70. The molecule has 0 spiro atoms. The molecule has 6 nitrogen and oxygen atoms in total. The Morgan fingerprint density at radius 2 is 1.57 bits per heavy atom. The molecule has 0 amide bonds. The molecule has 0 bridgehead atoms. The standard InChI is InChI=1S/C22H27NO5/c1-26-17-11-5-4-9-15(17)21(23-14-7-6-10-16(23)22(24)25)20-18(27-2)12-8-13-19(20)28-3/h4-5,8-9,11-13,16,21H,6-7,10,14H2,1-3H3,(H,24,25). The number of carboxylic acid groups (broad SMARTS) is 1. The van der Waals surface area contributed by atoms with Crippen molar-refractivity contribution >= 4 is 5.97 Å². The monoisotopic (exact) mass is 385 g/mol. The van der Waals surface area contributed by atoms with Crippen LogP contribution >= 0.6 is 0 Å². The molecule has 0 aliphatic carbocycles. The summed E-state index contributed by atoms with van der Waals surface area (Å²) in [7, 11) is 4.85. The van der Waals surface area contributed by atoms with E-state index in [9.17, 15) is 9.90 Å². The van der Waals surface area contributed by atoms with Crippen LogP contribution in [0.4, 0.5) is 0 Å². The number of benzene rings is 2. The summed E-state index contributed by atoms with van der Waals surface area (Å²) < 4.78 is 16.9. The predicted octanol–water partition coefficient (Wildman–Crippen LogP) is 3.74. The van der Waals surface area contributed by atoms with Crippen molar-refractivity contribution in [3.05, 3.63) is 53.6 Å². The first-order valence-corrected chi connectivity index (χ1v) is 9.44. The third-order valence-corrected chi connectivity index (χ3v) is 5.33. The van der Waals surface area contributed by atoms with Gasteiger partial charge in [0.15, 0.2) is 0 Å². The summed E-state index contributed by atoms with van der Waals surface area (Å²) in [6, 6.07) is 12.4. The Hall–Kier alpha value is -2.73. The van der Waals surface area contributed by atoms with Crippen molar-refractivity contribution in [1.82, 2.24) is 4.90 Å². The molecule has 2 atom stereocenters. The Kier molecular flexibility index (Phi) is 6.41. The predicted molar refractivity (Wildman–Crippen MR) is 106 cm³/mol. The van der Waals surface area contributed by atoms with Crippen LogP contribution in [0.5, 0.6) is 17.2 Å². The lowest BCUT2D eigenvalue weighted by molar-refractivity contribution is -0.145. The van der Waals surface area contributed by atoms with Crippen molar-refractivity contribution < 1.29 is 24.1 Å². The van der Waals surface area contributed by atoms with Gasteiger partial charge in [-0.2, -0.15) is 0 Å². The van der Waals surface area contributed by atoms with Gasteiger partial charge in [0.25, 0.3) is 0 Å². The fourth-order valence-electron chi connectivity index (χ4n) is 4.07. The van der Waals surface area contributed by atoms with Gasteiger partial charge in [0.2, 0.25) is 0 Å². The summed E-state index contributed by atoms with van der Waals surface area (Å²) in [4.78, 5) is 14.1. The van der Waals surface area contributed by atoms with Crippen molar-refractivity contribution in [2.24, 2.45) is 0 Å². The average Bonchev–Trinajstić information content (AvgIpc) is 2.74. The first-order valence-electron chi connectivity index (χ1n) is 9.44. The number of methoxy groups -OCH3 is 3. The molecule has 0 radical (unpaired) electrons. The molecule has 1 saturated heterocycles. The van der Waals surface area contributed by atoms with Gasteiger partial charge >= 0.3 is 5.97 Å². The van der Waals surface area contributed by atoms with Gasteiger partial charge < -0.3 is 19.3 Å². The van der Waals surface area contributed by atoms with E-state index in [1.165, 1.54) is 0 Å². The lowest BCUT2D eigenvalue weighted by atomic mass is 9.90. The molecule has 2 unspecified atom stereocenters. The molecule has 28 heavy (non-hydrogen) atoms. The molecule has 2 aromatic rings. The SMILES string of the molecule is COc1ccccc1C(c1c(OC)cccc1OC)N1CCCCC1C(=O)O. The summed E-state index contributed by atoms with van der Waals surface area (Å²) in [6.07, 6.45) is 2.44. The van der Waals surface area contributed by atoms with Gasteiger partial charge in [-0.1, -0.05) is 30.7 Å². The van der Waals surface area contributed by atoms with E-state index in [1.54, 1.807) is 21.3 Å². The number of carbonyl (C=O) groups is 1. The molecule has 150 valence electrons. The number of rotatable bonds is 7. The Balaban J connectivity index is 2.25. The summed E-state index contributed by atoms with van der Waals surface area (Å²) in [5.74, 6) is 1.21. The average molecular weight is 385 g/mol. The molecule has 1 aliphatic rings. The second-order valence-corrected chi connectivity index (χ2v) is 6.81. The second-order valence-electron chi connectivity index (χ2n) is 6.81. The molecule has 1 fully saturated rings. The number of hydrogen-bond acceptors (Lipinski definition) is 5. The number of nitrogens with zero attached hydrogens (tertiary/aromatic N) is 1. The van der Waals surface area contributed by atoms with Gasteiger partial charge in [0.1, 0.15) is 23.3 Å². The van der Waals surface area contributed by atoms with Crippen LogP contribution in [-0.2, 0) is 4.79 Å². The van der Waals surface area contributed by atoms with E-state index in [1.807, 2.05) is 47.4 Å². The van der Waals surface area contributed by atoms with E-state index in [0.717, 1.165) is 24.0 Å². The van der Waals surface area contributed by atoms with Crippen molar-refractivity contribution in [3.8, 4) is 17.2 Å². The molecule has 1 aliphatic heterocycles. The lowest BCUT2D eigenvalue weighted by Gasteiger charge is -2.40. The van der Waals surface area contributed by atoms with E-state index in [2.05, 4.69) is 0 Å². The van der Waals surface area contributed by atoms with Gasteiger partial charge in [0, 0.05) is 5.56 Å². The van der Waals surface area contributed by atoms with Crippen molar-refractivity contribution in [2.75, 3.05) is 27.9 Å². The zero-order valence-corrected chi connectivity index (χ0v) is 16.6. The number of likely N-dealkylation sites (tertiary alicyclic amines) is 1. The molecule has 0 aromatic heterocycles. The quantitative estimate of drug-likeness (QED) is 0.783. The van der Waals surface area contributed by atoms with Gasteiger partial charge in [-0.3, -0.25) is 9.69 Å². The first kappa shape index (κ1) is 20.0. The highest BCUT2D eigenvalue weighted by molar-refractivity contribution is 5.74. The third-order valence-electron chi connectivity index (χ3n) is 5.33. The van der Waals surface area contributed by atoms with E-state index in [-0.39, 0.29) is 6.04 Å². The molecule has 1 N–H and O–H groups in total. The summed E-state index contributed by atoms with van der Waals surface area (Å²) >= 11 is 0. The molecular weight excluding hydrogens is 358 g/mol. The van der Waals surface area contributed by atoms with Crippen LogP contribution < -0.4 is 14.2 Å². The highest BCUT2D eigenvalue weighted by atomic mass is 16.5. The van der Waals surface area contributed by atoms with Crippen LogP contribution in [0.15, 0.2) is 42.5 Å². The maximum absolute atomic E-state index is 12.1. The van der Waals surface area contributed by atoms with Gasteiger partial charge in [0.05, 0.1) is 32.9 Å². The minimum absolute atomic E-state index is 0.372. The largest absolute Gasteiger partial charge is 0.496 e. The van der Waals surface area contributed by atoms with E-state index >= 15 is 0 Å². The maximum Gasteiger partial charge on any atom is 0.320 e. The topological polar surface area (TPSA) is 68.2 Å². The highest BCUT2D eigenvalue weighted by Crippen LogP contribution is 2.45. The van der Waals surface area contributed by atoms with Gasteiger partial charge in [-0.15, -0.1) is 0 Å². The second kappa shape index (κ2) is 8.97. The zero-order valence-electron chi connectivity index (χ0n) is 16.6. The van der Waals surface area contributed by atoms with E-state index in [0.29, 0.717) is 30.2 Å². The number of hydrogen-bond donors (Lipinski definition) is 1. The van der Waals surface area contributed by atoms with Crippen molar-refractivity contribution in [1.29, 1.82) is 0 Å². The number of aliphatic carboxylic acids is 1. The van der Waals surface area contributed by atoms with Crippen molar-refractivity contribution in [2.45, 2.75) is 31.3 Å². The van der Waals surface area contributed by atoms with Gasteiger partial charge in [-0.05, 0) is 37.6 Å². The summed E-state index contributed by atoms with van der Waals surface area (Å²) in [6.45, 7) is 0.668. The van der Waals surface area contributed by atoms with Crippen LogP contribution in [0.25, 0.3) is 0 Å². The molecule has 2 aromatic carbocycles. The molecule has 6 heteroatoms. The number of carboxylic acids is 1. The fourth-order valence-corrected chi connectivity index (χ4v) is 4.07. The first-order chi connectivity index (χ1) is 13.6. The Morgan fingerprint density at radius 1 is 0.964 bits per heavy atom. The van der Waals surface area contributed by atoms with Crippen LogP contribution in [0, 0.1) is 0 Å². The van der Waals surface area contributed by atoms with E-state index < -0.39 is 12.0 Å². The zero-order chi connectivity index (χ0) is 20.1.